The van der Waals surface area contributed by atoms with E-state index >= 15 is 0 Å². The van der Waals surface area contributed by atoms with Gasteiger partial charge in [-0.3, -0.25) is 0 Å². The van der Waals surface area contributed by atoms with Gasteiger partial charge in [0, 0.05) is 5.56 Å². The molecule has 2 aromatic rings. The molecule has 3 heteroatoms. The van der Waals surface area contributed by atoms with E-state index in [2.05, 4.69) is 0 Å². The maximum absolute atomic E-state index is 10.1. The Balaban J connectivity index is 2.34. The number of furan rings is 1. The molecule has 84 valence electrons. The molecule has 1 heterocycles. The van der Waals surface area contributed by atoms with Crippen LogP contribution < -0.4 is 4.74 Å². The van der Waals surface area contributed by atoms with Gasteiger partial charge in [-0.2, -0.15) is 0 Å². The van der Waals surface area contributed by atoms with E-state index in [1.54, 1.807) is 25.7 Å². The van der Waals surface area contributed by atoms with Crippen LogP contribution in [0.4, 0.5) is 0 Å². The fourth-order valence-electron chi connectivity index (χ4n) is 1.69. The van der Waals surface area contributed by atoms with Gasteiger partial charge in [0.2, 0.25) is 0 Å². The van der Waals surface area contributed by atoms with Gasteiger partial charge in [0.1, 0.15) is 11.9 Å². The average Bonchev–Trinajstić information content (AvgIpc) is 2.81. The van der Waals surface area contributed by atoms with Crippen LogP contribution in [0.15, 0.2) is 41.2 Å². The summed E-state index contributed by atoms with van der Waals surface area (Å²) in [5, 5.41) is 10.1. The fourth-order valence-corrected chi connectivity index (χ4v) is 1.69. The molecule has 1 N–H and O–H groups in total. The van der Waals surface area contributed by atoms with Crippen molar-refractivity contribution in [2.24, 2.45) is 0 Å². The average molecular weight is 218 g/mol. The number of ether oxygens (including phenoxy) is 1. The zero-order valence-corrected chi connectivity index (χ0v) is 9.31. The first-order valence-electron chi connectivity index (χ1n) is 5.07. The standard InChI is InChI=1S/C13H14O3/c1-9-7-11(15-2)3-4-12(9)13(14)10-5-6-16-8-10/h3-8,13-14H,1-2H3/t13-/m0/s1. The molecule has 1 atom stereocenters. The van der Waals surface area contributed by atoms with Crippen molar-refractivity contribution in [2.75, 3.05) is 7.11 Å². The maximum Gasteiger partial charge on any atom is 0.119 e. The SMILES string of the molecule is COc1ccc([C@@H](O)c2ccoc2)c(C)c1. The van der Waals surface area contributed by atoms with Crippen LogP contribution in [0.1, 0.15) is 22.8 Å². The molecule has 0 aliphatic heterocycles. The van der Waals surface area contributed by atoms with Gasteiger partial charge in [0.25, 0.3) is 0 Å². The van der Waals surface area contributed by atoms with Crippen LogP contribution in [0.25, 0.3) is 0 Å². The van der Waals surface area contributed by atoms with Crippen molar-refractivity contribution in [1.29, 1.82) is 0 Å². The van der Waals surface area contributed by atoms with E-state index in [9.17, 15) is 5.11 Å². The number of hydrogen-bond donors (Lipinski definition) is 1. The van der Waals surface area contributed by atoms with Gasteiger partial charge in [-0.05, 0) is 36.2 Å². The van der Waals surface area contributed by atoms with Gasteiger partial charge < -0.3 is 14.3 Å². The largest absolute Gasteiger partial charge is 0.497 e. The molecule has 0 bridgehead atoms. The van der Waals surface area contributed by atoms with E-state index in [4.69, 9.17) is 9.15 Å². The van der Waals surface area contributed by atoms with Gasteiger partial charge in [-0.1, -0.05) is 6.07 Å². The Labute approximate surface area is 94.3 Å². The number of aliphatic hydroxyl groups is 1. The molecule has 0 saturated carbocycles. The number of aliphatic hydroxyl groups excluding tert-OH is 1. The minimum Gasteiger partial charge on any atom is -0.497 e. The van der Waals surface area contributed by atoms with Crippen molar-refractivity contribution >= 4 is 0 Å². The molecule has 0 amide bonds. The predicted molar refractivity (Wildman–Crippen MR) is 60.5 cm³/mol. The summed E-state index contributed by atoms with van der Waals surface area (Å²) in [6.45, 7) is 1.95. The summed E-state index contributed by atoms with van der Waals surface area (Å²) < 4.78 is 10.1. The molecule has 2 rings (SSSR count). The van der Waals surface area contributed by atoms with Crippen molar-refractivity contribution < 1.29 is 14.3 Å². The van der Waals surface area contributed by atoms with Crippen LogP contribution in [-0.4, -0.2) is 12.2 Å². The first-order chi connectivity index (χ1) is 7.72. The second-order valence-corrected chi connectivity index (χ2v) is 3.68. The maximum atomic E-state index is 10.1. The Bertz CT molecular complexity index is 460. The quantitative estimate of drug-likeness (QED) is 0.861. The van der Waals surface area contributed by atoms with Gasteiger partial charge in [0.15, 0.2) is 0 Å². The van der Waals surface area contributed by atoms with E-state index < -0.39 is 6.10 Å². The highest BCUT2D eigenvalue weighted by atomic mass is 16.5. The van der Waals surface area contributed by atoms with Gasteiger partial charge >= 0.3 is 0 Å². The van der Waals surface area contributed by atoms with Gasteiger partial charge in [-0.25, -0.2) is 0 Å². The van der Waals surface area contributed by atoms with Crippen LogP contribution in [0.5, 0.6) is 5.75 Å². The molecule has 0 radical (unpaired) electrons. The van der Waals surface area contributed by atoms with Crippen molar-refractivity contribution in [3.8, 4) is 5.75 Å². The summed E-state index contributed by atoms with van der Waals surface area (Å²) in [4.78, 5) is 0. The zero-order valence-electron chi connectivity index (χ0n) is 9.31. The third-order valence-corrected chi connectivity index (χ3v) is 2.63. The normalized spacial score (nSPS) is 12.4. The summed E-state index contributed by atoms with van der Waals surface area (Å²) in [6.07, 6.45) is 2.45. The summed E-state index contributed by atoms with van der Waals surface area (Å²) >= 11 is 0. The number of hydrogen-bond acceptors (Lipinski definition) is 3. The number of aryl methyl sites for hydroxylation is 1. The molecule has 3 nitrogen and oxygen atoms in total. The highest BCUT2D eigenvalue weighted by Crippen LogP contribution is 2.27. The molecule has 0 unspecified atom stereocenters. The third kappa shape index (κ3) is 1.95. The van der Waals surface area contributed by atoms with Gasteiger partial charge in [0.05, 0.1) is 19.6 Å². The summed E-state index contributed by atoms with van der Waals surface area (Å²) in [5.74, 6) is 0.792. The highest BCUT2D eigenvalue weighted by Gasteiger charge is 2.14. The van der Waals surface area contributed by atoms with Crippen molar-refractivity contribution in [3.05, 3.63) is 53.5 Å². The lowest BCUT2D eigenvalue weighted by Gasteiger charge is -2.13. The van der Waals surface area contributed by atoms with E-state index in [0.29, 0.717) is 0 Å². The monoisotopic (exact) mass is 218 g/mol. The second-order valence-electron chi connectivity index (χ2n) is 3.68. The lowest BCUT2D eigenvalue weighted by atomic mass is 9.99. The topological polar surface area (TPSA) is 42.6 Å². The van der Waals surface area contributed by atoms with Crippen molar-refractivity contribution in [3.63, 3.8) is 0 Å². The fraction of sp³-hybridized carbons (Fsp3) is 0.231. The van der Waals surface area contributed by atoms with E-state index in [-0.39, 0.29) is 0 Å². The lowest BCUT2D eigenvalue weighted by molar-refractivity contribution is 0.218. The molecular formula is C13H14O3. The molecule has 0 fully saturated rings. The number of methoxy groups -OCH3 is 1. The Morgan fingerprint density at radius 2 is 2.12 bits per heavy atom. The Kier molecular flexibility index (Phi) is 2.97. The molecule has 1 aromatic heterocycles. The highest BCUT2D eigenvalue weighted by molar-refractivity contribution is 5.39. The minimum absolute atomic E-state index is 0.648. The lowest BCUT2D eigenvalue weighted by Crippen LogP contribution is -2.00. The first kappa shape index (κ1) is 10.8. The zero-order chi connectivity index (χ0) is 11.5. The second kappa shape index (κ2) is 4.41. The predicted octanol–water partition coefficient (Wildman–Crippen LogP) is 2.68. The van der Waals surface area contributed by atoms with Crippen molar-refractivity contribution in [1.82, 2.24) is 0 Å². The van der Waals surface area contributed by atoms with E-state index in [1.807, 2.05) is 25.1 Å². The number of rotatable bonds is 3. The summed E-state index contributed by atoms with van der Waals surface area (Å²) in [6, 6.07) is 7.37. The molecule has 1 aromatic carbocycles. The number of benzene rings is 1. The summed E-state index contributed by atoms with van der Waals surface area (Å²) in [7, 11) is 1.63. The molecule has 0 spiro atoms. The minimum atomic E-state index is -0.648. The van der Waals surface area contributed by atoms with E-state index in [1.165, 1.54) is 0 Å². The first-order valence-corrected chi connectivity index (χ1v) is 5.07. The molecule has 0 saturated heterocycles. The molecule has 0 aliphatic rings. The third-order valence-electron chi connectivity index (χ3n) is 2.63. The molecule has 16 heavy (non-hydrogen) atoms. The summed E-state index contributed by atoms with van der Waals surface area (Å²) in [5.41, 5.74) is 2.61. The van der Waals surface area contributed by atoms with Crippen LogP contribution in [0.3, 0.4) is 0 Å². The smallest absolute Gasteiger partial charge is 0.119 e. The van der Waals surface area contributed by atoms with Crippen LogP contribution in [0.2, 0.25) is 0 Å². The van der Waals surface area contributed by atoms with Gasteiger partial charge in [-0.15, -0.1) is 0 Å². The molecular weight excluding hydrogens is 204 g/mol. The van der Waals surface area contributed by atoms with Crippen LogP contribution >= 0.6 is 0 Å². The van der Waals surface area contributed by atoms with Crippen molar-refractivity contribution in [2.45, 2.75) is 13.0 Å². The van der Waals surface area contributed by atoms with Crippen LogP contribution in [0, 0.1) is 6.92 Å². The van der Waals surface area contributed by atoms with Crippen LogP contribution in [-0.2, 0) is 0 Å². The Morgan fingerprint density at radius 3 is 2.69 bits per heavy atom. The van der Waals surface area contributed by atoms with E-state index in [0.717, 1.165) is 22.4 Å². The Hall–Kier alpha value is -1.74. The Morgan fingerprint density at radius 1 is 1.31 bits per heavy atom. The molecule has 0 aliphatic carbocycles.